The number of carbonyl (C=O) groups excluding carboxylic acids is 1. The van der Waals surface area contributed by atoms with Crippen molar-refractivity contribution in [2.45, 2.75) is 26.0 Å². The zero-order valence-electron chi connectivity index (χ0n) is 11.8. The minimum atomic E-state index is -1.41. The zero-order chi connectivity index (χ0) is 16.2. The largest absolute Gasteiger partial charge is 0.495 e. The number of aliphatic hydroxyl groups is 1. The number of carbonyl (C=O) groups is 2. The Bertz CT molecular complexity index is 548. The van der Waals surface area contributed by atoms with E-state index in [1.54, 1.807) is 13.0 Å². The van der Waals surface area contributed by atoms with E-state index in [4.69, 9.17) is 21.4 Å². The fraction of sp³-hybridized carbons (Fsp3) is 0.385. The van der Waals surface area contributed by atoms with Crippen molar-refractivity contribution in [3.63, 3.8) is 0 Å². The summed E-state index contributed by atoms with van der Waals surface area (Å²) in [5, 5.41) is 23.3. The highest BCUT2D eigenvalue weighted by atomic mass is 35.5. The molecule has 0 radical (unpaired) electrons. The van der Waals surface area contributed by atoms with Crippen LogP contribution in [0.3, 0.4) is 0 Å². The number of urea groups is 1. The summed E-state index contributed by atoms with van der Waals surface area (Å²) in [7, 11) is 1.42. The van der Waals surface area contributed by atoms with Crippen molar-refractivity contribution in [2.75, 3.05) is 12.4 Å². The Balaban J connectivity index is 2.88. The number of aliphatic carboxylic acids is 1. The summed E-state index contributed by atoms with van der Waals surface area (Å²) in [4.78, 5) is 22.7. The van der Waals surface area contributed by atoms with Crippen molar-refractivity contribution < 1.29 is 24.5 Å². The van der Waals surface area contributed by atoms with Crippen LogP contribution >= 0.6 is 11.6 Å². The van der Waals surface area contributed by atoms with Crippen LogP contribution in [0.2, 0.25) is 5.02 Å². The number of carboxylic acids is 1. The SMILES string of the molecule is COc1cc(Cl)c(C)cc1NC(=O)N[C@H](C(=O)O)[C@@H](C)O. The summed E-state index contributed by atoms with van der Waals surface area (Å²) in [6.07, 6.45) is -1.23. The summed E-state index contributed by atoms with van der Waals surface area (Å²) >= 11 is 5.95. The Kier molecular flexibility index (Phi) is 5.80. The summed E-state index contributed by atoms with van der Waals surface area (Å²) in [6, 6.07) is 0.946. The number of carboxylic acid groups (broad SMARTS) is 1. The average molecular weight is 317 g/mol. The van der Waals surface area contributed by atoms with Gasteiger partial charge in [0.05, 0.1) is 18.9 Å². The quantitative estimate of drug-likeness (QED) is 0.660. The van der Waals surface area contributed by atoms with Crippen LogP contribution in [0.1, 0.15) is 12.5 Å². The van der Waals surface area contributed by atoms with Gasteiger partial charge in [-0.2, -0.15) is 0 Å². The molecule has 21 heavy (non-hydrogen) atoms. The van der Waals surface area contributed by atoms with Crippen molar-refractivity contribution in [1.29, 1.82) is 0 Å². The molecule has 0 saturated heterocycles. The van der Waals surface area contributed by atoms with Gasteiger partial charge in [-0.1, -0.05) is 11.6 Å². The maximum absolute atomic E-state index is 11.8. The van der Waals surface area contributed by atoms with Crippen LogP contribution in [-0.2, 0) is 4.79 Å². The molecule has 0 aromatic heterocycles. The molecule has 8 heteroatoms. The number of hydrogen-bond acceptors (Lipinski definition) is 4. The molecular weight excluding hydrogens is 300 g/mol. The number of anilines is 1. The third kappa shape index (κ3) is 4.51. The summed E-state index contributed by atoms with van der Waals surface area (Å²) in [6.45, 7) is 3.02. The number of hydrogen-bond donors (Lipinski definition) is 4. The molecule has 0 aliphatic rings. The minimum absolute atomic E-state index is 0.338. The van der Waals surface area contributed by atoms with Crippen LogP contribution in [0.5, 0.6) is 5.75 Å². The van der Waals surface area contributed by atoms with Gasteiger partial charge in [-0.25, -0.2) is 9.59 Å². The number of ether oxygens (including phenoxy) is 1. The Hall–Kier alpha value is -1.99. The van der Waals surface area contributed by atoms with Gasteiger partial charge >= 0.3 is 12.0 Å². The first-order chi connectivity index (χ1) is 9.76. The number of halogens is 1. The summed E-state index contributed by atoms with van der Waals surface area (Å²) in [5.41, 5.74) is 1.06. The lowest BCUT2D eigenvalue weighted by Crippen LogP contribution is -2.49. The molecule has 0 unspecified atom stereocenters. The van der Waals surface area contributed by atoms with Gasteiger partial charge in [0.25, 0.3) is 0 Å². The van der Waals surface area contributed by atoms with Crippen LogP contribution in [-0.4, -0.2) is 41.5 Å². The average Bonchev–Trinajstić information content (AvgIpc) is 2.39. The van der Waals surface area contributed by atoms with Gasteiger partial charge in [-0.3, -0.25) is 0 Å². The fourth-order valence-electron chi connectivity index (χ4n) is 1.62. The normalized spacial score (nSPS) is 13.2. The molecule has 0 heterocycles. The highest BCUT2D eigenvalue weighted by Gasteiger charge is 2.25. The molecule has 0 saturated carbocycles. The van der Waals surface area contributed by atoms with Crippen molar-refractivity contribution in [3.8, 4) is 5.75 Å². The minimum Gasteiger partial charge on any atom is -0.495 e. The van der Waals surface area contributed by atoms with Crippen molar-refractivity contribution in [1.82, 2.24) is 5.32 Å². The van der Waals surface area contributed by atoms with Gasteiger partial charge in [-0.15, -0.1) is 0 Å². The molecule has 1 aromatic carbocycles. The topological polar surface area (TPSA) is 108 Å². The Labute approximate surface area is 126 Å². The van der Waals surface area contributed by atoms with Crippen molar-refractivity contribution in [2.24, 2.45) is 0 Å². The number of nitrogens with one attached hydrogen (secondary N) is 2. The van der Waals surface area contributed by atoms with Gasteiger partial charge in [0.1, 0.15) is 5.75 Å². The van der Waals surface area contributed by atoms with E-state index in [-0.39, 0.29) is 0 Å². The van der Waals surface area contributed by atoms with Gasteiger partial charge in [0.2, 0.25) is 0 Å². The molecule has 0 bridgehead atoms. The maximum Gasteiger partial charge on any atom is 0.328 e. The number of methoxy groups -OCH3 is 1. The molecule has 0 aliphatic carbocycles. The summed E-state index contributed by atoms with van der Waals surface area (Å²) in [5.74, 6) is -0.996. The number of aryl methyl sites for hydroxylation is 1. The van der Waals surface area contributed by atoms with E-state index in [1.807, 2.05) is 0 Å². The highest BCUT2D eigenvalue weighted by molar-refractivity contribution is 6.31. The van der Waals surface area contributed by atoms with E-state index in [0.717, 1.165) is 5.56 Å². The van der Waals surface area contributed by atoms with Crippen molar-refractivity contribution >= 4 is 29.3 Å². The van der Waals surface area contributed by atoms with E-state index < -0.39 is 24.1 Å². The molecule has 0 fully saturated rings. The van der Waals surface area contributed by atoms with E-state index in [0.29, 0.717) is 16.5 Å². The molecule has 0 spiro atoms. The Morgan fingerprint density at radius 2 is 2.00 bits per heavy atom. The van der Waals surface area contributed by atoms with E-state index in [9.17, 15) is 14.7 Å². The molecule has 116 valence electrons. The van der Waals surface area contributed by atoms with E-state index >= 15 is 0 Å². The molecule has 1 rings (SSSR count). The van der Waals surface area contributed by atoms with Crippen LogP contribution in [0.15, 0.2) is 12.1 Å². The van der Waals surface area contributed by atoms with E-state index in [2.05, 4.69) is 10.6 Å². The van der Waals surface area contributed by atoms with E-state index in [1.165, 1.54) is 20.1 Å². The predicted octanol–water partition coefficient (Wildman–Crippen LogP) is 1.61. The van der Waals surface area contributed by atoms with Crippen LogP contribution in [0, 0.1) is 6.92 Å². The molecular formula is C13H17ClN2O5. The first-order valence-corrected chi connectivity index (χ1v) is 6.46. The predicted molar refractivity (Wildman–Crippen MR) is 78.0 cm³/mol. The van der Waals surface area contributed by atoms with Gasteiger partial charge in [-0.05, 0) is 25.5 Å². The number of aliphatic hydroxyl groups excluding tert-OH is 1. The molecule has 1 aromatic rings. The lowest BCUT2D eigenvalue weighted by Gasteiger charge is -2.18. The second-order valence-corrected chi connectivity index (χ2v) is 4.86. The van der Waals surface area contributed by atoms with Gasteiger partial charge < -0.3 is 25.6 Å². The molecule has 2 atom stereocenters. The third-order valence-electron chi connectivity index (χ3n) is 2.76. The smallest absolute Gasteiger partial charge is 0.328 e. The van der Waals surface area contributed by atoms with Crippen LogP contribution in [0.4, 0.5) is 10.5 Å². The summed E-state index contributed by atoms with van der Waals surface area (Å²) < 4.78 is 5.09. The second kappa shape index (κ2) is 7.14. The first-order valence-electron chi connectivity index (χ1n) is 6.08. The maximum atomic E-state index is 11.8. The number of amides is 2. The lowest BCUT2D eigenvalue weighted by molar-refractivity contribution is -0.141. The monoisotopic (exact) mass is 316 g/mol. The van der Waals surface area contributed by atoms with Gasteiger partial charge in [0.15, 0.2) is 6.04 Å². The van der Waals surface area contributed by atoms with Crippen LogP contribution < -0.4 is 15.4 Å². The second-order valence-electron chi connectivity index (χ2n) is 4.46. The molecule has 0 aliphatic heterocycles. The number of rotatable bonds is 5. The highest BCUT2D eigenvalue weighted by Crippen LogP contribution is 2.30. The standard InChI is InChI=1S/C13H17ClN2O5/c1-6-4-9(10(21-3)5-8(6)14)15-13(20)16-11(7(2)17)12(18)19/h4-5,7,11,17H,1-3H3,(H,18,19)(H2,15,16,20)/t7-,11+/m1/s1. The fourth-order valence-corrected chi connectivity index (χ4v) is 1.77. The zero-order valence-corrected chi connectivity index (χ0v) is 12.6. The lowest BCUT2D eigenvalue weighted by atomic mass is 10.2. The van der Waals surface area contributed by atoms with Crippen LogP contribution in [0.25, 0.3) is 0 Å². The third-order valence-corrected chi connectivity index (χ3v) is 3.17. The Morgan fingerprint density at radius 3 is 2.48 bits per heavy atom. The first kappa shape index (κ1) is 17.1. The molecule has 7 nitrogen and oxygen atoms in total. The number of benzene rings is 1. The molecule has 4 N–H and O–H groups in total. The van der Waals surface area contributed by atoms with Gasteiger partial charge in [0, 0.05) is 11.1 Å². The van der Waals surface area contributed by atoms with Crippen molar-refractivity contribution in [3.05, 3.63) is 22.7 Å². The molecule has 2 amide bonds. The Morgan fingerprint density at radius 1 is 1.38 bits per heavy atom.